The van der Waals surface area contributed by atoms with Gasteiger partial charge in [0.05, 0.1) is 23.4 Å². The summed E-state index contributed by atoms with van der Waals surface area (Å²) >= 11 is 0. The summed E-state index contributed by atoms with van der Waals surface area (Å²) < 4.78 is 37.1. The van der Waals surface area contributed by atoms with Gasteiger partial charge in [-0.3, -0.25) is 4.72 Å². The van der Waals surface area contributed by atoms with Gasteiger partial charge in [-0.15, -0.1) is 12.4 Å². The molecule has 10 heteroatoms. The second-order valence-electron chi connectivity index (χ2n) is 9.02. The third kappa shape index (κ3) is 7.42. The lowest BCUT2D eigenvalue weighted by Gasteiger charge is -2.14. The summed E-state index contributed by atoms with van der Waals surface area (Å²) in [5, 5.41) is 15.8. The van der Waals surface area contributed by atoms with Crippen molar-refractivity contribution in [1.29, 1.82) is 0 Å². The maximum absolute atomic E-state index is 11.4. The smallest absolute Gasteiger partial charge is 0.229 e. The summed E-state index contributed by atoms with van der Waals surface area (Å²) in [5.41, 5.74) is 2.99. The topological polar surface area (TPSA) is 113 Å². The van der Waals surface area contributed by atoms with Crippen LogP contribution in [0.5, 0.6) is 17.2 Å². The molecule has 0 amide bonds. The number of anilines is 1. The highest BCUT2D eigenvalue weighted by Crippen LogP contribution is 2.32. The Morgan fingerprint density at radius 3 is 2.26 bits per heavy atom. The maximum Gasteiger partial charge on any atom is 0.229 e. The van der Waals surface area contributed by atoms with E-state index in [1.165, 1.54) is 0 Å². The third-order valence-electron chi connectivity index (χ3n) is 5.98. The van der Waals surface area contributed by atoms with Crippen LogP contribution in [0.4, 0.5) is 5.69 Å². The molecule has 39 heavy (non-hydrogen) atoms. The molecule has 204 valence electrons. The number of nitrogens with one attached hydrogen (secondary N) is 3. The van der Waals surface area contributed by atoms with E-state index in [0.717, 1.165) is 45.3 Å². The number of aliphatic hydroxyl groups is 1. The largest absolute Gasteiger partial charge is 0.492 e. The maximum atomic E-state index is 11.4. The van der Waals surface area contributed by atoms with Gasteiger partial charge in [0, 0.05) is 41.7 Å². The number of aromatic amines is 1. The fourth-order valence-corrected chi connectivity index (χ4v) is 4.82. The van der Waals surface area contributed by atoms with E-state index in [0.29, 0.717) is 30.9 Å². The molecule has 8 nitrogen and oxygen atoms in total. The van der Waals surface area contributed by atoms with E-state index >= 15 is 0 Å². The van der Waals surface area contributed by atoms with Crippen LogP contribution in [0.25, 0.3) is 21.8 Å². The molecule has 1 aromatic heterocycles. The van der Waals surface area contributed by atoms with Gasteiger partial charge >= 0.3 is 0 Å². The third-order valence-corrected chi connectivity index (χ3v) is 6.59. The fraction of sp³-hybridized carbons (Fsp3) is 0.172. The average Bonchev–Trinajstić information content (AvgIpc) is 3.25. The van der Waals surface area contributed by atoms with E-state index in [-0.39, 0.29) is 12.4 Å². The number of H-pyrrole nitrogens is 1. The number of aromatic nitrogens is 1. The normalized spacial score (nSPS) is 12.2. The number of hydrogen-bond acceptors (Lipinski definition) is 6. The number of halogens is 1. The second-order valence-corrected chi connectivity index (χ2v) is 10.8. The van der Waals surface area contributed by atoms with Gasteiger partial charge < -0.3 is 24.9 Å². The Kier molecular flexibility index (Phi) is 8.98. The van der Waals surface area contributed by atoms with Crippen molar-refractivity contribution in [2.24, 2.45) is 0 Å². The van der Waals surface area contributed by atoms with Crippen LogP contribution in [0.1, 0.15) is 11.7 Å². The van der Waals surface area contributed by atoms with Gasteiger partial charge in [-0.1, -0.05) is 30.3 Å². The predicted molar refractivity (Wildman–Crippen MR) is 158 cm³/mol. The summed E-state index contributed by atoms with van der Waals surface area (Å²) in [6, 6.07) is 28.4. The molecule has 4 N–H and O–H groups in total. The lowest BCUT2D eigenvalue weighted by atomic mass is 10.1. The monoisotopic (exact) mass is 567 g/mol. The van der Waals surface area contributed by atoms with Gasteiger partial charge in [-0.2, -0.15) is 0 Å². The Morgan fingerprint density at radius 2 is 1.54 bits per heavy atom. The van der Waals surface area contributed by atoms with Crippen LogP contribution in [0.3, 0.4) is 0 Å². The summed E-state index contributed by atoms with van der Waals surface area (Å²) in [5.74, 6) is 2.29. The molecule has 0 unspecified atom stereocenters. The number of rotatable bonds is 11. The Bertz CT molecular complexity index is 1660. The lowest BCUT2D eigenvalue weighted by molar-refractivity contribution is 0.172. The molecule has 1 atom stereocenters. The predicted octanol–water partition coefficient (Wildman–Crippen LogP) is 5.61. The van der Waals surface area contributed by atoms with Crippen LogP contribution in [-0.4, -0.2) is 44.5 Å². The Morgan fingerprint density at radius 1 is 0.846 bits per heavy atom. The van der Waals surface area contributed by atoms with Crippen molar-refractivity contribution < 1.29 is 23.0 Å². The van der Waals surface area contributed by atoms with Crippen molar-refractivity contribution in [1.82, 2.24) is 10.3 Å². The van der Waals surface area contributed by atoms with Crippen LogP contribution in [0, 0.1) is 0 Å². The number of aliphatic hydroxyl groups excluding tert-OH is 1. The molecule has 1 heterocycles. The first-order valence-electron chi connectivity index (χ1n) is 12.2. The quantitative estimate of drug-likeness (QED) is 0.154. The standard InChI is InChI=1S/C29H29N3O5S.ClH/c1-38(34,35)32-21-7-5-6-20(16-21)29(33)19-30-14-15-36-23-10-12-25-26-13-11-24(18-28(26)31-27(25)17-23)37-22-8-3-2-4-9-22;/h2-13,16-18,29-33H,14-15,19H2,1H3;1H/t29-;/m0./s1. The van der Waals surface area contributed by atoms with Gasteiger partial charge in [0.15, 0.2) is 0 Å². The first kappa shape index (κ1) is 28.3. The molecule has 0 aliphatic rings. The molecule has 0 aliphatic heterocycles. The summed E-state index contributed by atoms with van der Waals surface area (Å²) in [6.45, 7) is 1.26. The van der Waals surface area contributed by atoms with Gasteiger partial charge in [0.25, 0.3) is 0 Å². The van der Waals surface area contributed by atoms with Crippen molar-refractivity contribution >= 4 is 49.9 Å². The van der Waals surface area contributed by atoms with Crippen molar-refractivity contribution in [3.8, 4) is 17.2 Å². The van der Waals surface area contributed by atoms with Crippen molar-refractivity contribution in [3.63, 3.8) is 0 Å². The Balaban J connectivity index is 0.00000353. The SMILES string of the molecule is CS(=O)(=O)Nc1cccc([C@@H](O)CNCCOc2ccc3c(c2)[nH]c2cc(Oc4ccccc4)ccc23)c1.Cl. The average molecular weight is 568 g/mol. The molecule has 0 radical (unpaired) electrons. The van der Waals surface area contributed by atoms with E-state index in [2.05, 4.69) is 21.1 Å². The minimum absolute atomic E-state index is 0. The molecule has 5 rings (SSSR count). The van der Waals surface area contributed by atoms with Gasteiger partial charge in [-0.25, -0.2) is 8.42 Å². The zero-order valence-corrected chi connectivity index (χ0v) is 22.9. The zero-order chi connectivity index (χ0) is 26.5. The van der Waals surface area contributed by atoms with Crippen LogP contribution in [0.2, 0.25) is 0 Å². The van der Waals surface area contributed by atoms with Gasteiger partial charge in [-0.05, 0) is 54.1 Å². The molecular weight excluding hydrogens is 538 g/mol. The van der Waals surface area contributed by atoms with Gasteiger partial charge in [0.2, 0.25) is 10.0 Å². The number of para-hydroxylation sites is 1. The summed E-state index contributed by atoms with van der Waals surface area (Å²) in [4.78, 5) is 3.45. The number of sulfonamides is 1. The first-order valence-corrected chi connectivity index (χ1v) is 14.1. The molecule has 0 fully saturated rings. The molecule has 0 spiro atoms. The minimum atomic E-state index is -3.38. The Hall–Kier alpha value is -3.76. The highest BCUT2D eigenvalue weighted by Gasteiger charge is 2.10. The first-order chi connectivity index (χ1) is 18.3. The number of benzene rings is 4. The highest BCUT2D eigenvalue weighted by atomic mass is 35.5. The fourth-order valence-electron chi connectivity index (χ4n) is 4.27. The van der Waals surface area contributed by atoms with Crippen LogP contribution >= 0.6 is 12.4 Å². The van der Waals surface area contributed by atoms with E-state index in [1.54, 1.807) is 24.3 Å². The Labute approximate surface area is 233 Å². The van der Waals surface area contributed by atoms with Crippen LogP contribution < -0.4 is 19.5 Å². The summed E-state index contributed by atoms with van der Waals surface area (Å²) in [7, 11) is -3.38. The zero-order valence-electron chi connectivity index (χ0n) is 21.3. The molecule has 0 bridgehead atoms. The van der Waals surface area contributed by atoms with Gasteiger partial charge in [0.1, 0.15) is 23.9 Å². The number of hydrogen-bond donors (Lipinski definition) is 4. The van der Waals surface area contributed by atoms with Crippen LogP contribution in [0.15, 0.2) is 91.0 Å². The van der Waals surface area contributed by atoms with E-state index in [4.69, 9.17) is 9.47 Å². The molecular formula is C29H30ClN3O5S. The summed E-state index contributed by atoms with van der Waals surface area (Å²) in [6.07, 6.45) is 0.306. The highest BCUT2D eigenvalue weighted by molar-refractivity contribution is 7.92. The number of ether oxygens (including phenoxy) is 2. The molecule has 0 saturated carbocycles. The van der Waals surface area contributed by atoms with Crippen molar-refractivity contribution in [3.05, 3.63) is 96.6 Å². The molecule has 0 aliphatic carbocycles. The molecule has 5 aromatic rings. The number of fused-ring (bicyclic) bond motifs is 3. The second kappa shape index (κ2) is 12.4. The van der Waals surface area contributed by atoms with Crippen LogP contribution in [-0.2, 0) is 10.0 Å². The van der Waals surface area contributed by atoms with E-state index in [9.17, 15) is 13.5 Å². The molecule has 4 aromatic carbocycles. The van der Waals surface area contributed by atoms with E-state index < -0.39 is 16.1 Å². The van der Waals surface area contributed by atoms with Crippen molar-refractivity contribution in [2.45, 2.75) is 6.10 Å². The minimum Gasteiger partial charge on any atom is -0.492 e. The van der Waals surface area contributed by atoms with Crippen molar-refractivity contribution in [2.75, 3.05) is 30.7 Å². The molecule has 0 saturated heterocycles. The lowest BCUT2D eigenvalue weighted by Crippen LogP contribution is -2.26. The van der Waals surface area contributed by atoms with E-state index in [1.807, 2.05) is 60.7 Å².